The fourth-order valence-corrected chi connectivity index (χ4v) is 3.43. The highest BCUT2D eigenvalue weighted by Gasteiger charge is 2.25. The zero-order chi connectivity index (χ0) is 16.9. The Morgan fingerprint density at radius 3 is 2.88 bits per heavy atom. The SMILES string of the molecule is Cc1cc(-n2cncn2)ccc1C(=O)NC1CCCCCC1CO. The molecule has 1 amide bonds. The number of benzene rings is 1. The van der Waals surface area contributed by atoms with Crippen LogP contribution < -0.4 is 5.32 Å². The molecule has 0 aliphatic heterocycles. The number of hydrogen-bond acceptors (Lipinski definition) is 4. The number of hydrogen-bond donors (Lipinski definition) is 2. The number of aliphatic hydroxyl groups excluding tert-OH is 1. The Morgan fingerprint density at radius 1 is 1.33 bits per heavy atom. The highest BCUT2D eigenvalue weighted by Crippen LogP contribution is 2.24. The molecular weight excluding hydrogens is 304 g/mol. The Hall–Kier alpha value is -2.21. The van der Waals surface area contributed by atoms with E-state index in [2.05, 4.69) is 15.4 Å². The van der Waals surface area contributed by atoms with E-state index in [0.717, 1.165) is 36.9 Å². The molecule has 2 unspecified atom stereocenters. The first-order chi connectivity index (χ1) is 11.7. The van der Waals surface area contributed by atoms with Gasteiger partial charge in [-0.05, 0) is 43.5 Å². The van der Waals surface area contributed by atoms with Crippen LogP contribution in [0.25, 0.3) is 5.69 Å². The third-order valence-corrected chi connectivity index (χ3v) is 4.85. The predicted octanol–water partition coefficient (Wildman–Crippen LogP) is 2.25. The third-order valence-electron chi connectivity index (χ3n) is 4.85. The molecule has 0 radical (unpaired) electrons. The quantitative estimate of drug-likeness (QED) is 0.844. The topological polar surface area (TPSA) is 80.0 Å². The fourth-order valence-electron chi connectivity index (χ4n) is 3.43. The van der Waals surface area contributed by atoms with E-state index in [-0.39, 0.29) is 24.5 Å². The van der Waals surface area contributed by atoms with Gasteiger partial charge in [0.25, 0.3) is 5.91 Å². The minimum absolute atomic E-state index is 0.0550. The molecular formula is C18H24N4O2. The summed E-state index contributed by atoms with van der Waals surface area (Å²) in [6.07, 6.45) is 8.44. The fraction of sp³-hybridized carbons (Fsp3) is 0.500. The predicted molar refractivity (Wildman–Crippen MR) is 91.0 cm³/mol. The summed E-state index contributed by atoms with van der Waals surface area (Å²) in [5.74, 6) is 0.0918. The van der Waals surface area contributed by atoms with Gasteiger partial charge in [-0.3, -0.25) is 4.79 Å². The normalized spacial score (nSPS) is 21.2. The first kappa shape index (κ1) is 16.6. The lowest BCUT2D eigenvalue weighted by atomic mass is 9.95. The van der Waals surface area contributed by atoms with Crippen LogP contribution in [0.5, 0.6) is 0 Å². The zero-order valence-electron chi connectivity index (χ0n) is 14.0. The van der Waals surface area contributed by atoms with Gasteiger partial charge in [-0.15, -0.1) is 0 Å². The van der Waals surface area contributed by atoms with E-state index in [1.807, 2.05) is 25.1 Å². The van der Waals surface area contributed by atoms with Crippen molar-refractivity contribution < 1.29 is 9.90 Å². The maximum absolute atomic E-state index is 12.7. The van der Waals surface area contributed by atoms with Crippen molar-refractivity contribution in [1.82, 2.24) is 20.1 Å². The molecule has 1 saturated carbocycles. The summed E-state index contributed by atoms with van der Waals surface area (Å²) in [4.78, 5) is 16.6. The van der Waals surface area contributed by atoms with Gasteiger partial charge in [0.05, 0.1) is 5.69 Å². The van der Waals surface area contributed by atoms with Crippen LogP contribution in [-0.2, 0) is 0 Å². The first-order valence-electron chi connectivity index (χ1n) is 8.56. The molecule has 1 heterocycles. The standard InChI is InChI=1S/C18H24N4O2/c1-13-9-15(22-12-19-11-20-22)7-8-16(13)18(24)21-17-6-4-2-3-5-14(17)10-23/h7-9,11-12,14,17,23H,2-6,10H2,1H3,(H,21,24). The van der Waals surface area contributed by atoms with Gasteiger partial charge in [-0.1, -0.05) is 19.3 Å². The van der Waals surface area contributed by atoms with Crippen LogP contribution in [0.2, 0.25) is 0 Å². The van der Waals surface area contributed by atoms with Crippen molar-refractivity contribution in [2.24, 2.45) is 5.92 Å². The Kier molecular flexibility index (Phi) is 5.25. The molecule has 2 aromatic rings. The summed E-state index contributed by atoms with van der Waals surface area (Å²) in [5, 5.41) is 16.8. The minimum Gasteiger partial charge on any atom is -0.396 e. The molecule has 0 saturated heterocycles. The summed E-state index contributed by atoms with van der Waals surface area (Å²) in [5.41, 5.74) is 2.44. The zero-order valence-corrected chi connectivity index (χ0v) is 14.0. The number of amides is 1. The lowest BCUT2D eigenvalue weighted by Crippen LogP contribution is -2.41. The van der Waals surface area contributed by atoms with Gasteiger partial charge in [-0.2, -0.15) is 5.10 Å². The molecule has 0 spiro atoms. The maximum Gasteiger partial charge on any atom is 0.251 e. The van der Waals surface area contributed by atoms with Crippen molar-refractivity contribution in [1.29, 1.82) is 0 Å². The van der Waals surface area contributed by atoms with E-state index in [9.17, 15) is 9.90 Å². The Morgan fingerprint density at radius 2 is 2.17 bits per heavy atom. The van der Waals surface area contributed by atoms with Crippen molar-refractivity contribution in [3.8, 4) is 5.69 Å². The van der Waals surface area contributed by atoms with Crippen molar-refractivity contribution in [2.45, 2.75) is 45.1 Å². The summed E-state index contributed by atoms with van der Waals surface area (Å²) < 4.78 is 1.67. The first-order valence-corrected chi connectivity index (χ1v) is 8.56. The molecule has 3 rings (SSSR count). The molecule has 1 fully saturated rings. The number of aryl methyl sites for hydroxylation is 1. The summed E-state index contributed by atoms with van der Waals surface area (Å²) in [6.45, 7) is 2.06. The lowest BCUT2D eigenvalue weighted by molar-refractivity contribution is 0.0899. The number of rotatable bonds is 4. The highest BCUT2D eigenvalue weighted by molar-refractivity contribution is 5.96. The summed E-state index contributed by atoms with van der Waals surface area (Å²) in [6, 6.07) is 5.68. The van der Waals surface area contributed by atoms with E-state index in [4.69, 9.17) is 0 Å². The number of aliphatic hydroxyl groups is 1. The van der Waals surface area contributed by atoms with E-state index in [1.54, 1.807) is 11.0 Å². The van der Waals surface area contributed by atoms with Gasteiger partial charge in [0.1, 0.15) is 12.7 Å². The number of nitrogens with one attached hydrogen (secondary N) is 1. The van der Waals surface area contributed by atoms with Gasteiger partial charge >= 0.3 is 0 Å². The largest absolute Gasteiger partial charge is 0.396 e. The van der Waals surface area contributed by atoms with E-state index in [1.165, 1.54) is 12.7 Å². The summed E-state index contributed by atoms with van der Waals surface area (Å²) >= 11 is 0. The Balaban J connectivity index is 1.74. The third kappa shape index (κ3) is 3.64. The second-order valence-corrected chi connectivity index (χ2v) is 6.50. The van der Waals surface area contributed by atoms with Crippen LogP contribution in [0, 0.1) is 12.8 Å². The van der Waals surface area contributed by atoms with Crippen molar-refractivity contribution in [3.63, 3.8) is 0 Å². The molecule has 6 heteroatoms. The molecule has 24 heavy (non-hydrogen) atoms. The average Bonchev–Trinajstić information content (AvgIpc) is 3.02. The van der Waals surface area contributed by atoms with Gasteiger partial charge in [-0.25, -0.2) is 9.67 Å². The number of carbonyl (C=O) groups excluding carboxylic acids is 1. The van der Waals surface area contributed by atoms with E-state index >= 15 is 0 Å². The van der Waals surface area contributed by atoms with Gasteiger partial charge in [0.2, 0.25) is 0 Å². The average molecular weight is 328 g/mol. The monoisotopic (exact) mass is 328 g/mol. The van der Waals surface area contributed by atoms with Crippen molar-refractivity contribution >= 4 is 5.91 Å². The van der Waals surface area contributed by atoms with E-state index < -0.39 is 0 Å². The second-order valence-electron chi connectivity index (χ2n) is 6.50. The second kappa shape index (κ2) is 7.57. The van der Waals surface area contributed by atoms with Crippen molar-refractivity contribution in [3.05, 3.63) is 42.0 Å². The summed E-state index contributed by atoms with van der Waals surface area (Å²) in [7, 11) is 0. The van der Waals surface area contributed by atoms with Crippen LogP contribution in [0.4, 0.5) is 0 Å². The molecule has 1 aromatic heterocycles. The molecule has 2 N–H and O–H groups in total. The number of aromatic nitrogens is 3. The van der Waals surface area contributed by atoms with Crippen LogP contribution in [0.15, 0.2) is 30.9 Å². The van der Waals surface area contributed by atoms with Gasteiger partial charge in [0.15, 0.2) is 0 Å². The van der Waals surface area contributed by atoms with E-state index in [0.29, 0.717) is 5.56 Å². The Labute approximate surface area is 141 Å². The lowest BCUT2D eigenvalue weighted by Gasteiger charge is -2.25. The number of carbonyl (C=O) groups is 1. The Bertz CT molecular complexity index is 684. The van der Waals surface area contributed by atoms with Crippen LogP contribution >= 0.6 is 0 Å². The minimum atomic E-state index is -0.0667. The highest BCUT2D eigenvalue weighted by atomic mass is 16.3. The van der Waals surface area contributed by atoms with Crippen LogP contribution in [0.1, 0.15) is 48.0 Å². The van der Waals surface area contributed by atoms with Crippen LogP contribution in [-0.4, -0.2) is 38.4 Å². The molecule has 128 valence electrons. The van der Waals surface area contributed by atoms with Gasteiger partial charge < -0.3 is 10.4 Å². The molecule has 1 aromatic carbocycles. The van der Waals surface area contributed by atoms with Crippen molar-refractivity contribution in [2.75, 3.05) is 6.61 Å². The molecule has 1 aliphatic rings. The van der Waals surface area contributed by atoms with Gasteiger partial charge in [0, 0.05) is 24.1 Å². The van der Waals surface area contributed by atoms with Crippen LogP contribution in [0.3, 0.4) is 0 Å². The maximum atomic E-state index is 12.7. The molecule has 0 bridgehead atoms. The molecule has 6 nitrogen and oxygen atoms in total. The molecule has 1 aliphatic carbocycles. The number of nitrogens with zero attached hydrogens (tertiary/aromatic N) is 3. The molecule has 2 atom stereocenters. The smallest absolute Gasteiger partial charge is 0.251 e.